The second kappa shape index (κ2) is 7.29. The van der Waals surface area contributed by atoms with Gasteiger partial charge >= 0.3 is 0 Å². The number of aromatic amines is 1. The van der Waals surface area contributed by atoms with Crippen LogP contribution in [0.5, 0.6) is 11.5 Å². The summed E-state index contributed by atoms with van der Waals surface area (Å²) in [5, 5.41) is 0. The minimum Gasteiger partial charge on any atom is -0.497 e. The molecule has 2 amide bonds. The topological polar surface area (TPSA) is 74.9 Å². The fraction of sp³-hybridized carbons (Fsp3) is 0.333. The third-order valence-corrected chi connectivity index (χ3v) is 4.28. The average molecular weight is 343 g/mol. The van der Waals surface area contributed by atoms with Crippen molar-refractivity contribution in [1.82, 2.24) is 14.8 Å². The SMILES string of the molecule is COc1cc(OC)cc(C(=O)N2CCN(C(=O)c3ccc[nH]3)CC2)c1. The van der Waals surface area contributed by atoms with Gasteiger partial charge in [0.25, 0.3) is 11.8 Å². The van der Waals surface area contributed by atoms with Crippen molar-refractivity contribution < 1.29 is 19.1 Å². The van der Waals surface area contributed by atoms with Gasteiger partial charge in [0.2, 0.25) is 0 Å². The molecule has 1 aliphatic rings. The van der Waals surface area contributed by atoms with E-state index in [4.69, 9.17) is 9.47 Å². The average Bonchev–Trinajstić information content (AvgIpc) is 3.21. The highest BCUT2D eigenvalue weighted by Gasteiger charge is 2.26. The van der Waals surface area contributed by atoms with Crippen molar-refractivity contribution in [2.24, 2.45) is 0 Å². The molecule has 2 aromatic rings. The molecule has 7 heteroatoms. The summed E-state index contributed by atoms with van der Waals surface area (Å²) < 4.78 is 10.4. The van der Waals surface area contributed by atoms with Crippen LogP contribution in [0.3, 0.4) is 0 Å². The van der Waals surface area contributed by atoms with E-state index in [-0.39, 0.29) is 11.8 Å². The van der Waals surface area contributed by atoms with E-state index in [9.17, 15) is 9.59 Å². The lowest BCUT2D eigenvalue weighted by Crippen LogP contribution is -2.50. The maximum Gasteiger partial charge on any atom is 0.270 e. The summed E-state index contributed by atoms with van der Waals surface area (Å²) in [6.45, 7) is 1.99. The number of methoxy groups -OCH3 is 2. The van der Waals surface area contributed by atoms with Gasteiger partial charge in [0.15, 0.2) is 0 Å². The molecule has 1 fully saturated rings. The number of aromatic nitrogens is 1. The van der Waals surface area contributed by atoms with Crippen LogP contribution in [0.4, 0.5) is 0 Å². The van der Waals surface area contributed by atoms with Gasteiger partial charge in [0, 0.05) is 44.0 Å². The van der Waals surface area contributed by atoms with Crippen LogP contribution in [-0.4, -0.2) is 67.0 Å². The summed E-state index contributed by atoms with van der Waals surface area (Å²) in [6, 6.07) is 8.66. The molecule has 0 aliphatic carbocycles. The lowest BCUT2D eigenvalue weighted by molar-refractivity contribution is 0.0532. The molecule has 0 atom stereocenters. The Kier molecular flexibility index (Phi) is 4.92. The zero-order valence-corrected chi connectivity index (χ0v) is 14.3. The van der Waals surface area contributed by atoms with Gasteiger partial charge in [-0.05, 0) is 24.3 Å². The molecular formula is C18H21N3O4. The van der Waals surface area contributed by atoms with E-state index in [0.717, 1.165) is 0 Å². The van der Waals surface area contributed by atoms with Gasteiger partial charge in [-0.3, -0.25) is 9.59 Å². The number of hydrogen-bond acceptors (Lipinski definition) is 4. The predicted molar refractivity (Wildman–Crippen MR) is 92.1 cm³/mol. The van der Waals surface area contributed by atoms with Gasteiger partial charge in [-0.2, -0.15) is 0 Å². The second-order valence-electron chi connectivity index (χ2n) is 5.77. The van der Waals surface area contributed by atoms with Crippen molar-refractivity contribution in [3.05, 3.63) is 47.8 Å². The minimum absolute atomic E-state index is 0.0415. The van der Waals surface area contributed by atoms with Crippen LogP contribution in [0.25, 0.3) is 0 Å². The van der Waals surface area contributed by atoms with Gasteiger partial charge in [-0.1, -0.05) is 0 Å². The van der Waals surface area contributed by atoms with Crippen LogP contribution in [0.1, 0.15) is 20.8 Å². The smallest absolute Gasteiger partial charge is 0.270 e. The van der Waals surface area contributed by atoms with Crippen molar-refractivity contribution in [1.29, 1.82) is 0 Å². The van der Waals surface area contributed by atoms with E-state index < -0.39 is 0 Å². The van der Waals surface area contributed by atoms with E-state index in [1.54, 1.807) is 60.5 Å². The molecule has 25 heavy (non-hydrogen) atoms. The number of H-pyrrole nitrogens is 1. The largest absolute Gasteiger partial charge is 0.497 e. The molecule has 0 bridgehead atoms. The molecule has 0 unspecified atom stereocenters. The lowest BCUT2D eigenvalue weighted by Gasteiger charge is -2.34. The Morgan fingerprint density at radius 2 is 1.48 bits per heavy atom. The normalized spacial score (nSPS) is 14.3. The molecule has 1 saturated heterocycles. The highest BCUT2D eigenvalue weighted by Crippen LogP contribution is 2.24. The first-order valence-corrected chi connectivity index (χ1v) is 8.07. The van der Waals surface area contributed by atoms with Gasteiger partial charge in [0.1, 0.15) is 17.2 Å². The standard InChI is InChI=1S/C18H21N3O4/c1-24-14-10-13(11-15(12-14)25-2)17(22)20-6-8-21(9-7-20)18(23)16-4-3-5-19-16/h3-5,10-12,19H,6-9H2,1-2H3. The van der Waals surface area contributed by atoms with Crippen LogP contribution in [0.2, 0.25) is 0 Å². The van der Waals surface area contributed by atoms with Crippen LogP contribution in [0.15, 0.2) is 36.5 Å². The van der Waals surface area contributed by atoms with Gasteiger partial charge in [0.05, 0.1) is 14.2 Å². The first-order chi connectivity index (χ1) is 12.1. The molecule has 0 radical (unpaired) electrons. The zero-order chi connectivity index (χ0) is 17.8. The van der Waals surface area contributed by atoms with Gasteiger partial charge < -0.3 is 24.3 Å². The third-order valence-electron chi connectivity index (χ3n) is 4.28. The van der Waals surface area contributed by atoms with E-state index in [2.05, 4.69) is 4.98 Å². The van der Waals surface area contributed by atoms with Crippen LogP contribution in [-0.2, 0) is 0 Å². The maximum atomic E-state index is 12.7. The number of nitrogens with zero attached hydrogens (tertiary/aromatic N) is 2. The molecular weight excluding hydrogens is 322 g/mol. The van der Waals surface area contributed by atoms with E-state index in [0.29, 0.717) is 48.9 Å². The van der Waals surface area contributed by atoms with Crippen LogP contribution < -0.4 is 9.47 Å². The number of carbonyl (C=O) groups excluding carboxylic acids is 2. The predicted octanol–water partition coefficient (Wildman–Crippen LogP) is 1.63. The number of rotatable bonds is 4. The number of ether oxygens (including phenoxy) is 2. The van der Waals surface area contributed by atoms with E-state index in [1.165, 1.54) is 0 Å². The number of piperazine rings is 1. The Bertz CT molecular complexity index is 727. The lowest BCUT2D eigenvalue weighted by atomic mass is 10.1. The Morgan fingerprint density at radius 1 is 0.920 bits per heavy atom. The molecule has 1 aromatic carbocycles. The highest BCUT2D eigenvalue weighted by molar-refractivity contribution is 5.96. The highest BCUT2D eigenvalue weighted by atomic mass is 16.5. The number of amides is 2. The van der Waals surface area contributed by atoms with E-state index in [1.807, 2.05) is 0 Å². The summed E-state index contributed by atoms with van der Waals surface area (Å²) in [7, 11) is 3.10. The molecule has 3 rings (SSSR count). The quantitative estimate of drug-likeness (QED) is 0.916. The molecule has 1 aromatic heterocycles. The molecule has 0 saturated carbocycles. The van der Waals surface area contributed by atoms with Crippen molar-refractivity contribution >= 4 is 11.8 Å². The number of benzene rings is 1. The molecule has 2 heterocycles. The Balaban J connectivity index is 1.66. The van der Waals surface area contributed by atoms with E-state index >= 15 is 0 Å². The van der Waals surface area contributed by atoms with Crippen molar-refractivity contribution in [3.63, 3.8) is 0 Å². The molecule has 0 spiro atoms. The van der Waals surface area contributed by atoms with Crippen LogP contribution in [0, 0.1) is 0 Å². The summed E-state index contributed by atoms with van der Waals surface area (Å²) in [5.41, 5.74) is 1.08. The number of carbonyl (C=O) groups is 2. The Morgan fingerprint density at radius 3 is 1.96 bits per heavy atom. The first kappa shape index (κ1) is 16.9. The summed E-state index contributed by atoms with van der Waals surface area (Å²) in [4.78, 5) is 31.5. The zero-order valence-electron chi connectivity index (χ0n) is 14.3. The third kappa shape index (κ3) is 3.60. The first-order valence-electron chi connectivity index (χ1n) is 8.07. The van der Waals surface area contributed by atoms with Crippen LogP contribution >= 0.6 is 0 Å². The molecule has 1 aliphatic heterocycles. The van der Waals surface area contributed by atoms with Crippen molar-refractivity contribution in [2.75, 3.05) is 40.4 Å². The van der Waals surface area contributed by atoms with Crippen molar-refractivity contribution in [2.45, 2.75) is 0 Å². The minimum atomic E-state index is -0.0934. The number of nitrogens with one attached hydrogen (secondary N) is 1. The molecule has 132 valence electrons. The fourth-order valence-electron chi connectivity index (χ4n) is 2.86. The number of hydrogen-bond donors (Lipinski definition) is 1. The summed E-state index contributed by atoms with van der Waals surface area (Å²) in [6.07, 6.45) is 1.73. The van der Waals surface area contributed by atoms with Crippen molar-refractivity contribution in [3.8, 4) is 11.5 Å². The van der Waals surface area contributed by atoms with Gasteiger partial charge in [-0.25, -0.2) is 0 Å². The monoisotopic (exact) mass is 343 g/mol. The molecule has 7 nitrogen and oxygen atoms in total. The summed E-state index contributed by atoms with van der Waals surface area (Å²) in [5.74, 6) is 1.01. The molecule has 1 N–H and O–H groups in total. The Labute approximate surface area is 146 Å². The second-order valence-corrected chi connectivity index (χ2v) is 5.77. The fourth-order valence-corrected chi connectivity index (χ4v) is 2.86. The Hall–Kier alpha value is -2.96. The summed E-state index contributed by atoms with van der Waals surface area (Å²) >= 11 is 0. The maximum absolute atomic E-state index is 12.7. The van der Waals surface area contributed by atoms with Gasteiger partial charge in [-0.15, -0.1) is 0 Å².